The molecule has 2 N–H and O–H groups in total. The van der Waals surface area contributed by atoms with Crippen molar-refractivity contribution in [1.29, 1.82) is 0 Å². The Balaban J connectivity index is 1.61. The number of carbonyl (C=O) groups is 1. The summed E-state index contributed by atoms with van der Waals surface area (Å²) in [5.41, 5.74) is 0. The van der Waals surface area contributed by atoms with Crippen LogP contribution in [0.1, 0.15) is 39.0 Å². The van der Waals surface area contributed by atoms with Crippen molar-refractivity contribution in [2.45, 2.75) is 45.1 Å². The van der Waals surface area contributed by atoms with Crippen LogP contribution in [0.15, 0.2) is 12.2 Å². The number of hydrogen-bond acceptors (Lipinski definition) is 1. The summed E-state index contributed by atoms with van der Waals surface area (Å²) in [6, 6.07) is 0.347. The average Bonchev–Trinajstić information content (AvgIpc) is 3.11. The molecule has 2 atom stereocenters. The summed E-state index contributed by atoms with van der Waals surface area (Å²) in [4.78, 5) is 11.6. The molecule has 16 heavy (non-hydrogen) atoms. The summed E-state index contributed by atoms with van der Waals surface area (Å²) in [6.45, 7) is 2.91. The van der Waals surface area contributed by atoms with Crippen molar-refractivity contribution in [2.24, 2.45) is 11.8 Å². The number of amides is 2. The molecule has 2 unspecified atom stereocenters. The molecule has 90 valence electrons. The number of carbonyl (C=O) groups excluding carboxylic acids is 1. The van der Waals surface area contributed by atoms with E-state index in [1.54, 1.807) is 0 Å². The highest BCUT2D eigenvalue weighted by molar-refractivity contribution is 5.74. The molecule has 2 aliphatic carbocycles. The minimum atomic E-state index is 0.00829. The van der Waals surface area contributed by atoms with E-state index in [0.29, 0.717) is 12.0 Å². The SMILES string of the molecule is CC(NC(=O)NCC1CC=CCC1)C1CC1. The molecule has 2 rings (SSSR count). The summed E-state index contributed by atoms with van der Waals surface area (Å²) in [5, 5.41) is 6.00. The van der Waals surface area contributed by atoms with E-state index in [1.165, 1.54) is 19.3 Å². The van der Waals surface area contributed by atoms with Crippen molar-refractivity contribution in [3.8, 4) is 0 Å². The molecule has 0 heterocycles. The van der Waals surface area contributed by atoms with Crippen LogP contribution in [0.25, 0.3) is 0 Å². The Morgan fingerprint density at radius 1 is 1.38 bits per heavy atom. The maximum absolute atomic E-state index is 11.6. The van der Waals surface area contributed by atoms with Crippen LogP contribution in [0, 0.1) is 11.8 Å². The first-order valence-electron chi connectivity index (χ1n) is 6.45. The maximum Gasteiger partial charge on any atom is 0.315 e. The molecular formula is C13H22N2O. The lowest BCUT2D eigenvalue weighted by Crippen LogP contribution is -2.43. The third kappa shape index (κ3) is 3.54. The Morgan fingerprint density at radius 3 is 2.81 bits per heavy atom. The average molecular weight is 222 g/mol. The van der Waals surface area contributed by atoms with Crippen LogP contribution in [0.5, 0.6) is 0 Å². The molecule has 2 aliphatic rings. The van der Waals surface area contributed by atoms with Crippen molar-refractivity contribution in [2.75, 3.05) is 6.54 Å². The fraction of sp³-hybridized carbons (Fsp3) is 0.769. The monoisotopic (exact) mass is 222 g/mol. The van der Waals surface area contributed by atoms with E-state index in [0.717, 1.165) is 25.3 Å². The van der Waals surface area contributed by atoms with Gasteiger partial charge in [0.25, 0.3) is 0 Å². The van der Waals surface area contributed by atoms with Gasteiger partial charge >= 0.3 is 6.03 Å². The molecule has 1 fully saturated rings. The molecule has 0 spiro atoms. The van der Waals surface area contributed by atoms with Crippen molar-refractivity contribution in [1.82, 2.24) is 10.6 Å². The van der Waals surface area contributed by atoms with Crippen LogP contribution in [0.4, 0.5) is 4.79 Å². The highest BCUT2D eigenvalue weighted by Gasteiger charge is 2.28. The van der Waals surface area contributed by atoms with Gasteiger partial charge < -0.3 is 10.6 Å². The van der Waals surface area contributed by atoms with Gasteiger partial charge in [0.05, 0.1) is 0 Å². The van der Waals surface area contributed by atoms with Crippen LogP contribution in [0.2, 0.25) is 0 Å². The normalized spacial score (nSPS) is 26.2. The highest BCUT2D eigenvalue weighted by Crippen LogP contribution is 2.32. The van der Waals surface area contributed by atoms with Gasteiger partial charge in [0, 0.05) is 12.6 Å². The molecule has 1 saturated carbocycles. The molecular weight excluding hydrogens is 200 g/mol. The molecule has 0 aromatic carbocycles. The van der Waals surface area contributed by atoms with Crippen molar-refractivity contribution in [3.63, 3.8) is 0 Å². The molecule has 0 bridgehead atoms. The Labute approximate surface area is 97.7 Å². The Morgan fingerprint density at radius 2 is 2.19 bits per heavy atom. The van der Waals surface area contributed by atoms with E-state index in [4.69, 9.17) is 0 Å². The van der Waals surface area contributed by atoms with Gasteiger partial charge in [-0.05, 0) is 50.9 Å². The van der Waals surface area contributed by atoms with Gasteiger partial charge in [-0.25, -0.2) is 4.79 Å². The van der Waals surface area contributed by atoms with Crippen molar-refractivity contribution in [3.05, 3.63) is 12.2 Å². The molecule has 0 aromatic rings. The predicted octanol–water partition coefficient (Wildman–Crippen LogP) is 2.44. The van der Waals surface area contributed by atoms with Crippen LogP contribution in [-0.2, 0) is 0 Å². The second-order valence-corrected chi connectivity index (χ2v) is 5.13. The molecule has 0 radical (unpaired) electrons. The lowest BCUT2D eigenvalue weighted by atomic mass is 9.94. The van der Waals surface area contributed by atoms with E-state index >= 15 is 0 Å². The second-order valence-electron chi connectivity index (χ2n) is 5.13. The first-order chi connectivity index (χ1) is 7.75. The quantitative estimate of drug-likeness (QED) is 0.705. The van der Waals surface area contributed by atoms with Crippen LogP contribution in [0.3, 0.4) is 0 Å². The number of urea groups is 1. The lowest BCUT2D eigenvalue weighted by Gasteiger charge is -2.19. The van der Waals surface area contributed by atoms with Crippen molar-refractivity contribution >= 4 is 6.03 Å². The Bertz CT molecular complexity index is 271. The zero-order valence-corrected chi connectivity index (χ0v) is 10.0. The Kier molecular flexibility index (Phi) is 3.86. The first kappa shape index (κ1) is 11.5. The number of rotatable bonds is 4. The van der Waals surface area contributed by atoms with Gasteiger partial charge in [-0.15, -0.1) is 0 Å². The molecule has 2 amide bonds. The smallest absolute Gasteiger partial charge is 0.315 e. The van der Waals surface area contributed by atoms with E-state index in [1.807, 2.05) is 0 Å². The van der Waals surface area contributed by atoms with E-state index in [9.17, 15) is 4.79 Å². The van der Waals surface area contributed by atoms with E-state index < -0.39 is 0 Å². The fourth-order valence-electron chi connectivity index (χ4n) is 2.25. The standard InChI is InChI=1S/C13H22N2O/c1-10(12-7-8-12)15-13(16)14-9-11-5-3-2-4-6-11/h2-3,10-12H,4-9H2,1H3,(H2,14,15,16). The number of hydrogen-bond donors (Lipinski definition) is 2. The topological polar surface area (TPSA) is 41.1 Å². The van der Waals surface area contributed by atoms with E-state index in [-0.39, 0.29) is 6.03 Å². The highest BCUT2D eigenvalue weighted by atomic mass is 16.2. The predicted molar refractivity (Wildman–Crippen MR) is 65.2 cm³/mol. The third-order valence-electron chi connectivity index (χ3n) is 3.62. The molecule has 3 nitrogen and oxygen atoms in total. The molecule has 3 heteroatoms. The molecule has 0 saturated heterocycles. The van der Waals surface area contributed by atoms with Crippen LogP contribution in [-0.4, -0.2) is 18.6 Å². The third-order valence-corrected chi connectivity index (χ3v) is 3.62. The summed E-state index contributed by atoms with van der Waals surface area (Å²) < 4.78 is 0. The van der Waals surface area contributed by atoms with Gasteiger partial charge in [0.2, 0.25) is 0 Å². The first-order valence-corrected chi connectivity index (χ1v) is 6.45. The molecule has 0 aliphatic heterocycles. The van der Waals surface area contributed by atoms with Crippen LogP contribution < -0.4 is 10.6 Å². The minimum absolute atomic E-state index is 0.00829. The van der Waals surface area contributed by atoms with Gasteiger partial charge in [-0.2, -0.15) is 0 Å². The maximum atomic E-state index is 11.6. The number of nitrogens with one attached hydrogen (secondary N) is 2. The van der Waals surface area contributed by atoms with Gasteiger partial charge in [-0.1, -0.05) is 12.2 Å². The minimum Gasteiger partial charge on any atom is -0.338 e. The largest absolute Gasteiger partial charge is 0.338 e. The van der Waals surface area contributed by atoms with Gasteiger partial charge in [-0.3, -0.25) is 0 Å². The summed E-state index contributed by atoms with van der Waals surface area (Å²) >= 11 is 0. The van der Waals surface area contributed by atoms with Crippen molar-refractivity contribution < 1.29 is 4.79 Å². The zero-order valence-electron chi connectivity index (χ0n) is 10.0. The molecule has 0 aromatic heterocycles. The second kappa shape index (κ2) is 5.37. The van der Waals surface area contributed by atoms with Gasteiger partial charge in [0.1, 0.15) is 0 Å². The summed E-state index contributed by atoms with van der Waals surface area (Å²) in [5.74, 6) is 1.36. The van der Waals surface area contributed by atoms with E-state index in [2.05, 4.69) is 29.7 Å². The number of allylic oxidation sites excluding steroid dienone is 2. The van der Waals surface area contributed by atoms with Gasteiger partial charge in [0.15, 0.2) is 0 Å². The Hall–Kier alpha value is -0.990. The fourth-order valence-corrected chi connectivity index (χ4v) is 2.25. The lowest BCUT2D eigenvalue weighted by molar-refractivity contribution is 0.234. The summed E-state index contributed by atoms with van der Waals surface area (Å²) in [6.07, 6.45) is 10.5. The van der Waals surface area contributed by atoms with Crippen LogP contribution >= 0.6 is 0 Å². The zero-order chi connectivity index (χ0) is 11.4. The summed E-state index contributed by atoms with van der Waals surface area (Å²) in [7, 11) is 0.